The summed E-state index contributed by atoms with van der Waals surface area (Å²) in [5.74, 6) is -0.345. The Morgan fingerprint density at radius 2 is 0.840 bits per heavy atom. The highest BCUT2D eigenvalue weighted by molar-refractivity contribution is 5.36. The van der Waals surface area contributed by atoms with Crippen molar-refractivity contribution in [3.63, 3.8) is 0 Å². The Kier molecular flexibility index (Phi) is 7.34. The average molecular weight is 344 g/mol. The van der Waals surface area contributed by atoms with E-state index in [0.717, 1.165) is 12.8 Å². The van der Waals surface area contributed by atoms with Gasteiger partial charge in [-0.25, -0.2) is 39.1 Å². The Balaban J connectivity index is 2.32. The normalized spacial score (nSPS) is 34.4. The summed E-state index contributed by atoms with van der Waals surface area (Å²) in [4.78, 5) is 58.7. The summed E-state index contributed by atoms with van der Waals surface area (Å²) in [6, 6.07) is -1.18. The Labute approximate surface area is 145 Å². The van der Waals surface area contributed by atoms with Gasteiger partial charge in [0.2, 0.25) is 24.3 Å². The molecule has 0 bridgehead atoms. The third-order valence-electron chi connectivity index (χ3n) is 5.39. The molecule has 4 unspecified atom stereocenters. The van der Waals surface area contributed by atoms with Crippen molar-refractivity contribution in [3.05, 3.63) is 0 Å². The lowest BCUT2D eigenvalue weighted by Gasteiger charge is -2.39. The molecule has 2 aliphatic rings. The lowest BCUT2D eigenvalue weighted by molar-refractivity contribution is 0.169. The van der Waals surface area contributed by atoms with Crippen LogP contribution >= 0.6 is 0 Å². The molecule has 0 aliphatic heterocycles. The molecular weight excluding hydrogens is 324 g/mol. The molecule has 0 aromatic rings. The van der Waals surface area contributed by atoms with Crippen LogP contribution in [0.5, 0.6) is 0 Å². The van der Waals surface area contributed by atoms with Crippen LogP contribution in [0.1, 0.15) is 44.9 Å². The van der Waals surface area contributed by atoms with Crippen LogP contribution < -0.4 is 0 Å². The van der Waals surface area contributed by atoms with Crippen LogP contribution in [0, 0.1) is 11.8 Å². The fourth-order valence-corrected chi connectivity index (χ4v) is 4.30. The van der Waals surface area contributed by atoms with Crippen molar-refractivity contribution in [3.8, 4) is 0 Å². The quantitative estimate of drug-likeness (QED) is 0.539. The summed E-state index contributed by atoms with van der Waals surface area (Å²) in [7, 11) is 0. The fourth-order valence-electron chi connectivity index (χ4n) is 4.30. The van der Waals surface area contributed by atoms with Crippen LogP contribution in [-0.2, 0) is 19.2 Å². The molecule has 8 heteroatoms. The molecule has 4 atom stereocenters. The molecule has 8 nitrogen and oxygen atoms in total. The van der Waals surface area contributed by atoms with Gasteiger partial charge in [0, 0.05) is 11.8 Å². The minimum atomic E-state index is -0.294. The molecule has 0 amide bonds. The number of aliphatic imine (C=N–C) groups is 4. The Morgan fingerprint density at radius 1 is 0.560 bits per heavy atom. The van der Waals surface area contributed by atoms with Gasteiger partial charge in [-0.1, -0.05) is 0 Å². The zero-order chi connectivity index (χ0) is 18.1. The molecule has 2 fully saturated rings. The van der Waals surface area contributed by atoms with Crippen LogP contribution in [-0.4, -0.2) is 48.5 Å². The van der Waals surface area contributed by atoms with Gasteiger partial charge in [0.15, 0.2) is 0 Å². The SMILES string of the molecule is O=C=NC1CCCC(N=C=O)C1CC1C(N=C=O)CCCC1N=C=O. The van der Waals surface area contributed by atoms with Crippen LogP contribution in [0.4, 0.5) is 0 Å². The van der Waals surface area contributed by atoms with Crippen molar-refractivity contribution >= 4 is 24.3 Å². The van der Waals surface area contributed by atoms with Gasteiger partial charge in [-0.05, 0) is 44.9 Å². The first-order valence-corrected chi connectivity index (χ1v) is 8.53. The number of hydrogen-bond acceptors (Lipinski definition) is 8. The van der Waals surface area contributed by atoms with Crippen LogP contribution in [0.25, 0.3) is 0 Å². The largest absolute Gasteiger partial charge is 0.235 e. The van der Waals surface area contributed by atoms with Crippen molar-refractivity contribution in [2.24, 2.45) is 31.8 Å². The minimum Gasteiger partial charge on any atom is -0.211 e. The molecule has 0 heterocycles. The zero-order valence-electron chi connectivity index (χ0n) is 13.8. The predicted octanol–water partition coefficient (Wildman–Crippen LogP) is 1.79. The summed E-state index contributed by atoms with van der Waals surface area (Å²) in [6.45, 7) is 0. The van der Waals surface area contributed by atoms with Crippen molar-refractivity contribution in [2.75, 3.05) is 0 Å². The first-order chi connectivity index (χ1) is 12.2. The van der Waals surface area contributed by atoms with E-state index < -0.39 is 0 Å². The number of hydrogen-bond donors (Lipinski definition) is 0. The highest BCUT2D eigenvalue weighted by atomic mass is 16.1. The molecule has 2 rings (SSSR count). The van der Waals surface area contributed by atoms with Gasteiger partial charge in [0.05, 0.1) is 24.2 Å². The maximum Gasteiger partial charge on any atom is 0.235 e. The standard InChI is InChI=1S/C17H20N4O4/c22-8-18-14-3-1-4-15(19-9-23)12(14)7-13-16(20-10-24)5-2-6-17(13)21-11-25/h12-17H,1-7H2. The molecular formula is C17H20N4O4. The average Bonchev–Trinajstić information content (AvgIpc) is 2.61. The van der Waals surface area contributed by atoms with E-state index in [4.69, 9.17) is 0 Å². The van der Waals surface area contributed by atoms with Gasteiger partial charge in [0.1, 0.15) is 0 Å². The summed E-state index contributed by atoms with van der Waals surface area (Å²) in [5.41, 5.74) is 0. The first kappa shape index (κ1) is 18.9. The maximum atomic E-state index is 10.8. The minimum absolute atomic E-state index is 0.173. The summed E-state index contributed by atoms with van der Waals surface area (Å²) < 4.78 is 0. The lowest BCUT2D eigenvalue weighted by Crippen LogP contribution is -2.42. The van der Waals surface area contributed by atoms with Crippen LogP contribution in [0.3, 0.4) is 0 Å². The van der Waals surface area contributed by atoms with Crippen LogP contribution in [0.2, 0.25) is 0 Å². The van der Waals surface area contributed by atoms with E-state index in [1.165, 1.54) is 0 Å². The third kappa shape index (κ3) is 4.76. The van der Waals surface area contributed by atoms with Crippen molar-refractivity contribution < 1.29 is 19.2 Å². The van der Waals surface area contributed by atoms with E-state index in [9.17, 15) is 19.2 Å². The fraction of sp³-hybridized carbons (Fsp3) is 0.765. The lowest BCUT2D eigenvalue weighted by atomic mass is 9.70. The summed E-state index contributed by atoms with van der Waals surface area (Å²) in [6.07, 6.45) is 11.4. The van der Waals surface area contributed by atoms with E-state index in [1.54, 1.807) is 24.3 Å². The second kappa shape index (κ2) is 9.73. The molecule has 0 spiro atoms. The number of isocyanates is 4. The van der Waals surface area contributed by atoms with Gasteiger partial charge in [-0.15, -0.1) is 0 Å². The molecule has 0 radical (unpaired) electrons. The number of carbonyl (C=O) groups excluding carboxylic acids is 4. The van der Waals surface area contributed by atoms with E-state index >= 15 is 0 Å². The molecule has 0 saturated heterocycles. The van der Waals surface area contributed by atoms with Gasteiger partial charge in [-0.3, -0.25) is 0 Å². The molecule has 25 heavy (non-hydrogen) atoms. The maximum absolute atomic E-state index is 10.8. The Bertz CT molecular complexity index is 548. The number of rotatable bonds is 6. The van der Waals surface area contributed by atoms with Gasteiger partial charge >= 0.3 is 0 Å². The molecule has 0 aromatic heterocycles. The predicted molar refractivity (Wildman–Crippen MR) is 86.9 cm³/mol. The summed E-state index contributed by atoms with van der Waals surface area (Å²) >= 11 is 0. The Hall–Kier alpha value is -2.48. The molecule has 132 valence electrons. The summed E-state index contributed by atoms with van der Waals surface area (Å²) in [5, 5.41) is 0. The molecule has 2 aliphatic carbocycles. The van der Waals surface area contributed by atoms with Gasteiger partial charge < -0.3 is 0 Å². The van der Waals surface area contributed by atoms with Gasteiger partial charge in [-0.2, -0.15) is 0 Å². The highest BCUT2D eigenvalue weighted by Crippen LogP contribution is 2.40. The third-order valence-corrected chi connectivity index (χ3v) is 5.39. The topological polar surface area (TPSA) is 118 Å². The second-order valence-corrected chi connectivity index (χ2v) is 6.58. The molecule has 0 N–H and O–H groups in total. The smallest absolute Gasteiger partial charge is 0.211 e. The second-order valence-electron chi connectivity index (χ2n) is 6.58. The highest BCUT2D eigenvalue weighted by Gasteiger charge is 2.41. The van der Waals surface area contributed by atoms with Gasteiger partial charge in [0.25, 0.3) is 0 Å². The van der Waals surface area contributed by atoms with E-state index in [2.05, 4.69) is 20.0 Å². The molecule has 0 aromatic carbocycles. The van der Waals surface area contributed by atoms with Crippen molar-refractivity contribution in [1.82, 2.24) is 0 Å². The van der Waals surface area contributed by atoms with Crippen molar-refractivity contribution in [2.45, 2.75) is 69.1 Å². The monoisotopic (exact) mass is 344 g/mol. The zero-order valence-corrected chi connectivity index (χ0v) is 13.8. The Morgan fingerprint density at radius 3 is 1.08 bits per heavy atom. The van der Waals surface area contributed by atoms with Crippen molar-refractivity contribution in [1.29, 1.82) is 0 Å². The first-order valence-electron chi connectivity index (χ1n) is 8.53. The van der Waals surface area contributed by atoms with Crippen LogP contribution in [0.15, 0.2) is 20.0 Å². The molecule has 2 saturated carbocycles. The van der Waals surface area contributed by atoms with E-state index in [1.807, 2.05) is 0 Å². The van der Waals surface area contributed by atoms with E-state index in [0.29, 0.717) is 32.1 Å². The van der Waals surface area contributed by atoms with E-state index in [-0.39, 0.29) is 36.0 Å². The number of nitrogens with zero attached hydrogens (tertiary/aromatic N) is 4.